The van der Waals surface area contributed by atoms with Gasteiger partial charge in [-0.2, -0.15) is 13.2 Å². The SMILES string of the molecule is N[C@@H](CC(=O)O)C(=O)N(C(=O)c1cccnc1)C(=O)C(F)(F)F. The van der Waals surface area contributed by atoms with Gasteiger partial charge in [-0.05, 0) is 12.1 Å². The summed E-state index contributed by atoms with van der Waals surface area (Å²) >= 11 is 0. The summed E-state index contributed by atoms with van der Waals surface area (Å²) in [7, 11) is 0. The maximum Gasteiger partial charge on any atom is 0.472 e. The van der Waals surface area contributed by atoms with Crippen molar-refractivity contribution in [2.24, 2.45) is 5.73 Å². The molecule has 0 spiro atoms. The highest BCUT2D eigenvalue weighted by molar-refractivity contribution is 6.18. The van der Waals surface area contributed by atoms with Crippen molar-refractivity contribution in [1.82, 2.24) is 9.88 Å². The number of hydrogen-bond acceptors (Lipinski definition) is 6. The van der Waals surface area contributed by atoms with Crippen LogP contribution in [0.25, 0.3) is 0 Å². The minimum absolute atomic E-state index is 0.471. The Morgan fingerprint density at radius 3 is 2.35 bits per heavy atom. The quantitative estimate of drug-likeness (QED) is 0.789. The number of rotatable bonds is 4. The van der Waals surface area contributed by atoms with E-state index < -0.39 is 52.8 Å². The predicted molar refractivity (Wildman–Crippen MR) is 66.7 cm³/mol. The van der Waals surface area contributed by atoms with Crippen molar-refractivity contribution in [3.8, 4) is 0 Å². The number of aromatic nitrogens is 1. The zero-order valence-electron chi connectivity index (χ0n) is 11.3. The van der Waals surface area contributed by atoms with E-state index in [-0.39, 0.29) is 0 Å². The van der Waals surface area contributed by atoms with Crippen LogP contribution >= 0.6 is 0 Å². The summed E-state index contributed by atoms with van der Waals surface area (Å²) < 4.78 is 37.8. The van der Waals surface area contributed by atoms with Gasteiger partial charge in [-0.25, -0.2) is 4.90 Å². The van der Waals surface area contributed by atoms with E-state index in [4.69, 9.17) is 10.8 Å². The van der Waals surface area contributed by atoms with Crippen LogP contribution in [0.4, 0.5) is 13.2 Å². The van der Waals surface area contributed by atoms with Crippen LogP contribution in [-0.2, 0) is 14.4 Å². The van der Waals surface area contributed by atoms with E-state index in [1.165, 1.54) is 12.3 Å². The average molecular weight is 333 g/mol. The number of carbonyl (C=O) groups is 4. The Kier molecular flexibility index (Phi) is 5.52. The van der Waals surface area contributed by atoms with Gasteiger partial charge in [0.2, 0.25) is 0 Å². The molecule has 0 unspecified atom stereocenters. The van der Waals surface area contributed by atoms with Gasteiger partial charge >= 0.3 is 18.1 Å². The van der Waals surface area contributed by atoms with E-state index in [0.717, 1.165) is 12.3 Å². The Balaban J connectivity index is 3.22. The summed E-state index contributed by atoms with van der Waals surface area (Å²) in [5, 5.41) is 8.52. The number of carboxylic acid groups (broad SMARTS) is 1. The number of pyridine rings is 1. The van der Waals surface area contributed by atoms with E-state index in [0.29, 0.717) is 0 Å². The van der Waals surface area contributed by atoms with Crippen LogP contribution in [0.1, 0.15) is 16.8 Å². The molecule has 1 heterocycles. The number of carboxylic acids is 1. The van der Waals surface area contributed by atoms with Crippen molar-refractivity contribution >= 4 is 23.7 Å². The van der Waals surface area contributed by atoms with E-state index in [1.807, 2.05) is 0 Å². The highest BCUT2D eigenvalue weighted by Crippen LogP contribution is 2.21. The molecular weight excluding hydrogens is 323 g/mol. The van der Waals surface area contributed by atoms with Crippen LogP contribution in [0.3, 0.4) is 0 Å². The molecule has 8 nitrogen and oxygen atoms in total. The van der Waals surface area contributed by atoms with Crippen LogP contribution < -0.4 is 5.73 Å². The fourth-order valence-electron chi connectivity index (χ4n) is 1.48. The Morgan fingerprint density at radius 1 is 1.30 bits per heavy atom. The van der Waals surface area contributed by atoms with Gasteiger partial charge in [0.15, 0.2) is 0 Å². The molecule has 0 aliphatic rings. The number of nitrogens with zero attached hydrogens (tertiary/aromatic N) is 2. The molecule has 0 aliphatic carbocycles. The van der Waals surface area contributed by atoms with Crippen molar-refractivity contribution in [2.45, 2.75) is 18.6 Å². The van der Waals surface area contributed by atoms with Crippen molar-refractivity contribution in [2.75, 3.05) is 0 Å². The van der Waals surface area contributed by atoms with Gasteiger partial charge in [0.25, 0.3) is 11.8 Å². The molecular formula is C12H10F3N3O5. The lowest BCUT2D eigenvalue weighted by Gasteiger charge is -2.22. The van der Waals surface area contributed by atoms with Gasteiger partial charge in [0.05, 0.1) is 18.0 Å². The monoisotopic (exact) mass is 333 g/mol. The third-order valence-electron chi connectivity index (χ3n) is 2.49. The van der Waals surface area contributed by atoms with Gasteiger partial charge < -0.3 is 10.8 Å². The average Bonchev–Trinajstić information content (AvgIpc) is 2.46. The smallest absolute Gasteiger partial charge is 0.472 e. The van der Waals surface area contributed by atoms with Crippen LogP contribution in [0.5, 0.6) is 0 Å². The molecule has 3 amide bonds. The Morgan fingerprint density at radius 2 is 1.91 bits per heavy atom. The molecule has 11 heteroatoms. The zero-order chi connectivity index (χ0) is 17.8. The third kappa shape index (κ3) is 4.57. The van der Waals surface area contributed by atoms with Gasteiger partial charge in [0, 0.05) is 12.4 Å². The highest BCUT2D eigenvalue weighted by atomic mass is 19.4. The number of imide groups is 3. The molecule has 1 rings (SSSR count). The molecule has 0 bridgehead atoms. The standard InChI is InChI=1S/C12H10F3N3O5/c13-12(14,15)11(23)18(10(22)7(16)4-8(19)20)9(21)6-2-1-3-17-5-6/h1-3,5,7H,4,16H2,(H,19,20)/t7-/m0/s1. The van der Waals surface area contributed by atoms with Gasteiger partial charge in [0.1, 0.15) is 0 Å². The maximum atomic E-state index is 12.6. The zero-order valence-corrected chi connectivity index (χ0v) is 11.3. The first-order chi connectivity index (χ1) is 10.6. The number of halogens is 3. The molecule has 1 aromatic rings. The second-order valence-electron chi connectivity index (χ2n) is 4.23. The fraction of sp³-hybridized carbons (Fsp3) is 0.250. The molecule has 0 aromatic carbocycles. The third-order valence-corrected chi connectivity index (χ3v) is 2.49. The number of amides is 3. The summed E-state index contributed by atoms with van der Waals surface area (Å²) in [6, 6.07) is 0.229. The second kappa shape index (κ2) is 6.96. The normalized spacial score (nSPS) is 12.3. The van der Waals surface area contributed by atoms with E-state index >= 15 is 0 Å². The number of alkyl halides is 3. The van der Waals surface area contributed by atoms with Crippen molar-refractivity contribution in [1.29, 1.82) is 0 Å². The molecule has 0 saturated carbocycles. The van der Waals surface area contributed by atoms with Crippen LogP contribution in [0.2, 0.25) is 0 Å². The van der Waals surface area contributed by atoms with Crippen molar-refractivity contribution in [3.63, 3.8) is 0 Å². The Hall–Kier alpha value is -2.82. The Labute approximate surface area is 126 Å². The lowest BCUT2D eigenvalue weighted by molar-refractivity contribution is -0.184. The van der Waals surface area contributed by atoms with Gasteiger partial charge in [-0.3, -0.25) is 24.2 Å². The van der Waals surface area contributed by atoms with Crippen molar-refractivity contribution < 1.29 is 37.5 Å². The molecule has 0 radical (unpaired) electrons. The van der Waals surface area contributed by atoms with Gasteiger partial charge in [-0.15, -0.1) is 0 Å². The van der Waals surface area contributed by atoms with E-state index in [1.54, 1.807) is 0 Å². The maximum absolute atomic E-state index is 12.6. The molecule has 23 heavy (non-hydrogen) atoms. The van der Waals surface area contributed by atoms with E-state index in [9.17, 15) is 32.3 Å². The van der Waals surface area contributed by atoms with Gasteiger partial charge in [-0.1, -0.05) is 0 Å². The van der Waals surface area contributed by atoms with Crippen LogP contribution in [0, 0.1) is 0 Å². The predicted octanol–water partition coefficient (Wildman–Crippen LogP) is -0.0587. The lowest BCUT2D eigenvalue weighted by Crippen LogP contribution is -2.54. The summed E-state index contributed by atoms with van der Waals surface area (Å²) in [4.78, 5) is 48.5. The summed E-state index contributed by atoms with van der Waals surface area (Å²) in [6.07, 6.45) is -4.53. The number of carbonyl (C=O) groups excluding carboxylic acids is 3. The first-order valence-electron chi connectivity index (χ1n) is 5.92. The number of aliphatic carboxylic acids is 1. The minimum atomic E-state index is -5.53. The summed E-state index contributed by atoms with van der Waals surface area (Å²) in [5.74, 6) is -7.73. The van der Waals surface area contributed by atoms with Crippen molar-refractivity contribution in [3.05, 3.63) is 30.1 Å². The molecule has 124 valence electrons. The molecule has 0 fully saturated rings. The first-order valence-corrected chi connectivity index (χ1v) is 5.92. The number of nitrogens with two attached hydrogens (primary N) is 1. The fourth-order valence-corrected chi connectivity index (χ4v) is 1.48. The number of hydrogen-bond donors (Lipinski definition) is 2. The minimum Gasteiger partial charge on any atom is -0.481 e. The largest absolute Gasteiger partial charge is 0.481 e. The molecule has 3 N–H and O–H groups in total. The van der Waals surface area contributed by atoms with E-state index in [2.05, 4.69) is 4.98 Å². The second-order valence-corrected chi connectivity index (χ2v) is 4.23. The highest BCUT2D eigenvalue weighted by Gasteiger charge is 2.48. The Bertz CT molecular complexity index is 633. The van der Waals surface area contributed by atoms with Crippen LogP contribution in [-0.4, -0.2) is 50.9 Å². The first kappa shape index (κ1) is 18.2. The van der Waals surface area contributed by atoms with Crippen LogP contribution in [0.15, 0.2) is 24.5 Å². The molecule has 1 aromatic heterocycles. The molecule has 1 atom stereocenters. The summed E-state index contributed by atoms with van der Waals surface area (Å²) in [5.41, 5.74) is 4.69. The summed E-state index contributed by atoms with van der Waals surface area (Å²) in [6.45, 7) is 0. The topological polar surface area (TPSA) is 131 Å². The lowest BCUT2D eigenvalue weighted by atomic mass is 10.1. The molecule has 0 aliphatic heterocycles. The molecule has 0 saturated heterocycles.